The van der Waals surface area contributed by atoms with Crippen molar-refractivity contribution in [2.75, 3.05) is 4.90 Å². The minimum Gasteiger partial charge on any atom is -0.456 e. The van der Waals surface area contributed by atoms with Crippen molar-refractivity contribution in [3.05, 3.63) is 200 Å². The Bertz CT molecular complexity index is 3480. The fourth-order valence-corrected chi connectivity index (χ4v) is 11.0. The summed E-state index contributed by atoms with van der Waals surface area (Å²) in [5, 5.41) is 7.57. The number of hydrogen-bond acceptors (Lipinski definition) is 4. The number of rotatable bonds is 6. The van der Waals surface area contributed by atoms with Crippen molar-refractivity contribution in [2.24, 2.45) is 0 Å². The van der Waals surface area contributed by atoms with Crippen LogP contribution in [0.25, 0.3) is 95.7 Å². The average Bonchev–Trinajstić information content (AvgIpc) is 3.99. The third kappa shape index (κ3) is 5.37. The molecule has 272 valence electrons. The number of benzene rings is 9. The van der Waals surface area contributed by atoms with E-state index in [1.165, 1.54) is 78.9 Å². The molecule has 3 heterocycles. The molecule has 0 atom stereocenters. The van der Waals surface area contributed by atoms with Crippen molar-refractivity contribution >= 4 is 102 Å². The lowest BCUT2D eigenvalue weighted by atomic mass is 9.98. The fourth-order valence-electron chi connectivity index (χ4n) is 8.71. The standard InChI is InChI=1S/C54H33NOS2/c1-2-9-34(10-3-1)35-17-24-39(25-18-35)55(40-26-19-36(20-27-40)38-23-32-51-46(33-38)44-12-5-6-15-49(44)57-51)41-28-21-37(22-29-41)42-13-8-14-47-52(42)53-48(56-47)31-30-45-43-11-4-7-16-50(43)58-54(45)53/h1-33H. The van der Waals surface area contributed by atoms with Gasteiger partial charge in [-0.05, 0) is 112 Å². The van der Waals surface area contributed by atoms with Crippen LogP contribution in [-0.2, 0) is 0 Å². The van der Waals surface area contributed by atoms with Crippen LogP contribution in [0.5, 0.6) is 0 Å². The van der Waals surface area contributed by atoms with Gasteiger partial charge in [-0.2, -0.15) is 0 Å². The van der Waals surface area contributed by atoms with Crippen LogP contribution >= 0.6 is 22.7 Å². The second kappa shape index (κ2) is 13.3. The summed E-state index contributed by atoms with van der Waals surface area (Å²) in [6, 6.07) is 72.5. The van der Waals surface area contributed by atoms with Gasteiger partial charge in [0, 0.05) is 68.2 Å². The molecule has 12 aromatic rings. The molecular formula is C54H33NOS2. The number of hydrogen-bond donors (Lipinski definition) is 0. The van der Waals surface area contributed by atoms with Crippen molar-refractivity contribution in [1.29, 1.82) is 0 Å². The predicted molar refractivity (Wildman–Crippen MR) is 250 cm³/mol. The highest BCUT2D eigenvalue weighted by Gasteiger charge is 2.19. The Morgan fingerprint density at radius 1 is 0.328 bits per heavy atom. The Morgan fingerprint density at radius 2 is 0.862 bits per heavy atom. The normalized spacial score (nSPS) is 11.8. The lowest BCUT2D eigenvalue weighted by Gasteiger charge is -2.26. The number of fused-ring (bicyclic) bond motifs is 10. The summed E-state index contributed by atoms with van der Waals surface area (Å²) in [7, 11) is 0. The van der Waals surface area contributed by atoms with Crippen molar-refractivity contribution < 1.29 is 4.42 Å². The second-order valence-electron chi connectivity index (χ2n) is 14.8. The highest BCUT2D eigenvalue weighted by molar-refractivity contribution is 7.27. The van der Waals surface area contributed by atoms with Crippen LogP contribution in [0.1, 0.15) is 0 Å². The van der Waals surface area contributed by atoms with Gasteiger partial charge in [0.1, 0.15) is 11.2 Å². The molecule has 0 aliphatic rings. The molecule has 0 spiro atoms. The van der Waals surface area contributed by atoms with Crippen LogP contribution in [0, 0.1) is 0 Å². The molecule has 0 unspecified atom stereocenters. The van der Waals surface area contributed by atoms with Crippen molar-refractivity contribution in [3.63, 3.8) is 0 Å². The van der Waals surface area contributed by atoms with Crippen molar-refractivity contribution in [1.82, 2.24) is 0 Å². The SMILES string of the molecule is c1ccc(-c2ccc(N(c3ccc(-c4ccc5sc6ccccc6c5c4)cc3)c3ccc(-c4cccc5oc6ccc7c8ccccc8sc7c6c45)cc3)cc2)cc1. The molecule has 0 bridgehead atoms. The molecule has 0 aliphatic heterocycles. The average molecular weight is 776 g/mol. The van der Waals surface area contributed by atoms with E-state index in [-0.39, 0.29) is 0 Å². The molecule has 0 saturated carbocycles. The summed E-state index contributed by atoms with van der Waals surface area (Å²) in [4.78, 5) is 2.35. The van der Waals surface area contributed by atoms with E-state index in [2.05, 4.69) is 205 Å². The zero-order valence-electron chi connectivity index (χ0n) is 31.2. The quantitative estimate of drug-likeness (QED) is 0.167. The zero-order chi connectivity index (χ0) is 38.2. The minimum absolute atomic E-state index is 0.910. The maximum atomic E-state index is 6.51. The Labute approximate surface area is 343 Å². The molecule has 0 fully saturated rings. The number of furan rings is 1. The molecule has 4 heteroatoms. The molecule has 2 nitrogen and oxygen atoms in total. The Hall–Kier alpha value is -6.98. The van der Waals surface area contributed by atoms with Crippen molar-refractivity contribution in [3.8, 4) is 33.4 Å². The van der Waals surface area contributed by atoms with Crippen LogP contribution in [0.2, 0.25) is 0 Å². The van der Waals surface area contributed by atoms with Crippen molar-refractivity contribution in [2.45, 2.75) is 0 Å². The summed E-state index contributed by atoms with van der Waals surface area (Å²) >= 11 is 3.71. The van der Waals surface area contributed by atoms with E-state index in [1.54, 1.807) is 0 Å². The van der Waals surface area contributed by atoms with E-state index in [4.69, 9.17) is 4.42 Å². The predicted octanol–water partition coefficient (Wildman–Crippen LogP) is 16.8. The minimum atomic E-state index is 0.910. The third-order valence-electron chi connectivity index (χ3n) is 11.5. The third-order valence-corrected chi connectivity index (χ3v) is 13.9. The molecule has 0 radical (unpaired) electrons. The highest BCUT2D eigenvalue weighted by Crippen LogP contribution is 2.46. The molecular weight excluding hydrogens is 743 g/mol. The lowest BCUT2D eigenvalue weighted by Crippen LogP contribution is -2.09. The van der Waals surface area contributed by atoms with Crippen LogP contribution in [-0.4, -0.2) is 0 Å². The Morgan fingerprint density at radius 3 is 1.57 bits per heavy atom. The van der Waals surface area contributed by atoms with Gasteiger partial charge in [0.25, 0.3) is 0 Å². The molecule has 9 aromatic carbocycles. The molecule has 0 aliphatic carbocycles. The van der Waals surface area contributed by atoms with Gasteiger partial charge in [0.05, 0.1) is 0 Å². The zero-order valence-corrected chi connectivity index (χ0v) is 32.9. The largest absolute Gasteiger partial charge is 0.456 e. The molecule has 0 saturated heterocycles. The number of anilines is 3. The van der Waals surface area contributed by atoms with Gasteiger partial charge in [-0.15, -0.1) is 22.7 Å². The van der Waals surface area contributed by atoms with E-state index in [0.29, 0.717) is 0 Å². The first-order valence-corrected chi connectivity index (χ1v) is 21.2. The Kier molecular flexibility index (Phi) is 7.62. The van der Waals surface area contributed by atoms with Crippen LogP contribution in [0.15, 0.2) is 205 Å². The van der Waals surface area contributed by atoms with Gasteiger partial charge in [-0.25, -0.2) is 0 Å². The first-order valence-electron chi connectivity index (χ1n) is 19.6. The maximum absolute atomic E-state index is 6.51. The second-order valence-corrected chi connectivity index (χ2v) is 17.0. The summed E-state index contributed by atoms with van der Waals surface area (Å²) in [5.74, 6) is 0. The summed E-state index contributed by atoms with van der Waals surface area (Å²) < 4.78 is 11.7. The molecule has 12 rings (SSSR count). The van der Waals surface area contributed by atoms with Gasteiger partial charge in [-0.3, -0.25) is 0 Å². The van der Waals surface area contributed by atoms with Gasteiger partial charge < -0.3 is 9.32 Å². The van der Waals surface area contributed by atoms with Gasteiger partial charge in [0.2, 0.25) is 0 Å². The summed E-state index contributed by atoms with van der Waals surface area (Å²) in [6.45, 7) is 0. The smallest absolute Gasteiger partial charge is 0.136 e. The first kappa shape index (κ1) is 33.2. The molecule has 3 aromatic heterocycles. The van der Waals surface area contributed by atoms with E-state index >= 15 is 0 Å². The maximum Gasteiger partial charge on any atom is 0.136 e. The molecule has 0 N–H and O–H groups in total. The fraction of sp³-hybridized carbons (Fsp3) is 0. The van der Waals surface area contributed by atoms with Crippen LogP contribution in [0.3, 0.4) is 0 Å². The van der Waals surface area contributed by atoms with Crippen LogP contribution < -0.4 is 4.90 Å². The summed E-state index contributed by atoms with van der Waals surface area (Å²) in [5.41, 5.74) is 12.3. The lowest BCUT2D eigenvalue weighted by molar-refractivity contribution is 0.669. The number of nitrogens with zero attached hydrogens (tertiary/aromatic N) is 1. The van der Waals surface area contributed by atoms with Gasteiger partial charge >= 0.3 is 0 Å². The summed E-state index contributed by atoms with van der Waals surface area (Å²) in [6.07, 6.45) is 0. The van der Waals surface area contributed by atoms with E-state index in [0.717, 1.165) is 33.8 Å². The first-order chi connectivity index (χ1) is 28.7. The van der Waals surface area contributed by atoms with Gasteiger partial charge in [-0.1, -0.05) is 121 Å². The topological polar surface area (TPSA) is 16.4 Å². The molecule has 58 heavy (non-hydrogen) atoms. The van der Waals surface area contributed by atoms with E-state index < -0.39 is 0 Å². The van der Waals surface area contributed by atoms with E-state index in [9.17, 15) is 0 Å². The Balaban J connectivity index is 0.957. The van der Waals surface area contributed by atoms with Gasteiger partial charge in [0.15, 0.2) is 0 Å². The highest BCUT2D eigenvalue weighted by atomic mass is 32.1. The van der Waals surface area contributed by atoms with Crippen LogP contribution in [0.4, 0.5) is 17.1 Å². The monoisotopic (exact) mass is 775 g/mol. The molecule has 0 amide bonds. The van der Waals surface area contributed by atoms with E-state index in [1.807, 2.05) is 22.7 Å². The number of thiophene rings is 2.